The van der Waals surface area contributed by atoms with Gasteiger partial charge in [0, 0.05) is 16.4 Å². The van der Waals surface area contributed by atoms with Gasteiger partial charge in [0.2, 0.25) is 17.8 Å². The maximum absolute atomic E-state index is 6.00. The van der Waals surface area contributed by atoms with E-state index in [0.717, 1.165) is 22.5 Å². The van der Waals surface area contributed by atoms with Gasteiger partial charge in [0.1, 0.15) is 6.61 Å². The Morgan fingerprint density at radius 1 is 0.707 bits per heavy atom. The fraction of sp³-hybridized carbons (Fsp3) is 0.0968. The fourth-order valence-electron chi connectivity index (χ4n) is 3.74. The summed E-state index contributed by atoms with van der Waals surface area (Å²) in [6.07, 6.45) is 1.66. The third-order valence-electron chi connectivity index (χ3n) is 5.65. The predicted octanol–water partition coefficient (Wildman–Crippen LogP) is 7.44. The van der Waals surface area contributed by atoms with Crippen molar-refractivity contribution in [2.45, 2.75) is 13.5 Å². The molecule has 0 fully saturated rings. The highest BCUT2D eigenvalue weighted by Crippen LogP contribution is 2.29. The molecule has 3 N–H and O–H groups in total. The molecule has 0 aliphatic carbocycles. The molecule has 1 aromatic heterocycles. The van der Waals surface area contributed by atoms with Crippen LogP contribution < -0.4 is 25.5 Å². The molecular formula is C31H28ClN7O2. The van der Waals surface area contributed by atoms with Crippen molar-refractivity contribution < 1.29 is 9.47 Å². The standard InChI is InChI=1S/C31H28ClN7O2/c1-2-40-28-19-23(15-18-27(28)41-21-22-13-16-24(32)17-14-22)20-33-39-31-37-29(34-25-9-5-3-6-10-25)36-30(38-31)35-26-11-7-4-8-12-26/h3-20H,2,21H2,1H3,(H3,34,35,36,37,38,39)/b33-20-. The number of rotatable bonds is 12. The zero-order valence-electron chi connectivity index (χ0n) is 22.3. The van der Waals surface area contributed by atoms with Gasteiger partial charge in [0.25, 0.3) is 0 Å². The van der Waals surface area contributed by atoms with E-state index in [1.54, 1.807) is 6.21 Å². The summed E-state index contributed by atoms with van der Waals surface area (Å²) in [5, 5.41) is 11.4. The highest BCUT2D eigenvalue weighted by Gasteiger charge is 2.09. The number of hydrazone groups is 1. The van der Waals surface area contributed by atoms with Crippen LogP contribution in [0.2, 0.25) is 5.02 Å². The van der Waals surface area contributed by atoms with E-state index in [4.69, 9.17) is 21.1 Å². The summed E-state index contributed by atoms with van der Waals surface area (Å²) in [6, 6.07) is 32.5. The van der Waals surface area contributed by atoms with Gasteiger partial charge in [-0.3, -0.25) is 0 Å². The summed E-state index contributed by atoms with van der Waals surface area (Å²) >= 11 is 5.98. The summed E-state index contributed by atoms with van der Waals surface area (Å²) in [6.45, 7) is 2.81. The van der Waals surface area contributed by atoms with E-state index >= 15 is 0 Å². The van der Waals surface area contributed by atoms with Gasteiger partial charge < -0.3 is 20.1 Å². The average molecular weight is 566 g/mol. The van der Waals surface area contributed by atoms with Crippen molar-refractivity contribution in [3.8, 4) is 11.5 Å². The molecule has 0 saturated heterocycles. The van der Waals surface area contributed by atoms with E-state index in [1.165, 1.54) is 0 Å². The Balaban J connectivity index is 1.31. The number of halogens is 1. The Bertz CT molecular complexity index is 1520. The van der Waals surface area contributed by atoms with Gasteiger partial charge in [-0.15, -0.1) is 0 Å². The third-order valence-corrected chi connectivity index (χ3v) is 5.90. The Morgan fingerprint density at radius 3 is 1.93 bits per heavy atom. The number of benzene rings is 4. The van der Waals surface area contributed by atoms with Crippen molar-refractivity contribution >= 4 is 47.0 Å². The molecule has 0 saturated carbocycles. The van der Waals surface area contributed by atoms with Crippen molar-refractivity contribution in [3.63, 3.8) is 0 Å². The molecular weight excluding hydrogens is 538 g/mol. The van der Waals surface area contributed by atoms with Crippen LogP contribution in [0, 0.1) is 0 Å². The molecule has 41 heavy (non-hydrogen) atoms. The second kappa shape index (κ2) is 13.8. The van der Waals surface area contributed by atoms with Gasteiger partial charge in [-0.05, 0) is 72.6 Å². The molecule has 5 aromatic rings. The van der Waals surface area contributed by atoms with Crippen molar-refractivity contribution in [2.75, 3.05) is 22.7 Å². The second-order valence-electron chi connectivity index (χ2n) is 8.71. The number of aromatic nitrogens is 3. The van der Waals surface area contributed by atoms with Gasteiger partial charge in [-0.25, -0.2) is 5.43 Å². The number of para-hydroxylation sites is 2. The summed E-state index contributed by atoms with van der Waals surface area (Å²) < 4.78 is 11.8. The van der Waals surface area contributed by atoms with Gasteiger partial charge in [-0.1, -0.05) is 60.1 Å². The predicted molar refractivity (Wildman–Crippen MR) is 164 cm³/mol. The van der Waals surface area contributed by atoms with Crippen molar-refractivity contribution in [1.82, 2.24) is 15.0 Å². The van der Waals surface area contributed by atoms with Gasteiger partial charge in [-0.2, -0.15) is 20.1 Å². The third kappa shape index (κ3) is 8.17. The van der Waals surface area contributed by atoms with Crippen LogP contribution in [-0.4, -0.2) is 27.8 Å². The number of ether oxygens (including phenoxy) is 2. The summed E-state index contributed by atoms with van der Waals surface area (Å²) in [4.78, 5) is 13.4. The molecule has 9 nitrogen and oxygen atoms in total. The molecule has 0 spiro atoms. The molecule has 0 radical (unpaired) electrons. The molecule has 5 rings (SSSR count). The monoisotopic (exact) mass is 565 g/mol. The molecule has 4 aromatic carbocycles. The quantitative estimate of drug-likeness (QED) is 0.106. The SMILES string of the molecule is CCOc1cc(/C=N\Nc2nc(Nc3ccccc3)nc(Nc3ccccc3)n2)ccc1OCc1ccc(Cl)cc1. The molecule has 0 unspecified atom stereocenters. The molecule has 1 heterocycles. The second-order valence-corrected chi connectivity index (χ2v) is 9.15. The van der Waals surface area contributed by atoms with E-state index in [1.807, 2.05) is 110 Å². The minimum Gasteiger partial charge on any atom is -0.490 e. The van der Waals surface area contributed by atoms with E-state index in [9.17, 15) is 0 Å². The lowest BCUT2D eigenvalue weighted by Crippen LogP contribution is -2.07. The van der Waals surface area contributed by atoms with Crippen LogP contribution in [0.5, 0.6) is 11.5 Å². The first-order valence-electron chi connectivity index (χ1n) is 13.0. The van der Waals surface area contributed by atoms with Crippen molar-refractivity contribution in [1.29, 1.82) is 0 Å². The highest BCUT2D eigenvalue weighted by atomic mass is 35.5. The molecule has 0 aliphatic rings. The first kappa shape index (κ1) is 27.4. The number of nitrogens with one attached hydrogen (secondary N) is 3. The topological polar surface area (TPSA) is 106 Å². The van der Waals surface area contributed by atoms with Crippen LogP contribution in [0.15, 0.2) is 108 Å². The Hall–Kier alpha value is -5.15. The first-order valence-corrected chi connectivity index (χ1v) is 13.4. The lowest BCUT2D eigenvalue weighted by Gasteiger charge is -2.13. The largest absolute Gasteiger partial charge is 0.490 e. The lowest BCUT2D eigenvalue weighted by molar-refractivity contribution is 0.269. The average Bonchev–Trinajstić information content (AvgIpc) is 2.99. The molecule has 0 aliphatic heterocycles. The van der Waals surface area contributed by atoms with E-state index in [2.05, 4.69) is 36.1 Å². The van der Waals surface area contributed by atoms with Crippen LogP contribution in [0.25, 0.3) is 0 Å². The minimum absolute atomic E-state index is 0.265. The van der Waals surface area contributed by atoms with E-state index in [-0.39, 0.29) is 5.95 Å². The van der Waals surface area contributed by atoms with Crippen LogP contribution in [-0.2, 0) is 6.61 Å². The first-order chi connectivity index (χ1) is 20.1. The Morgan fingerprint density at radius 2 is 1.32 bits per heavy atom. The van der Waals surface area contributed by atoms with Gasteiger partial charge >= 0.3 is 0 Å². The lowest BCUT2D eigenvalue weighted by atomic mass is 10.2. The summed E-state index contributed by atoms with van der Waals surface area (Å²) in [7, 11) is 0. The maximum Gasteiger partial charge on any atom is 0.250 e. The Kier molecular flexibility index (Phi) is 9.21. The minimum atomic E-state index is 0.265. The number of nitrogens with zero attached hydrogens (tertiary/aromatic N) is 4. The highest BCUT2D eigenvalue weighted by molar-refractivity contribution is 6.30. The van der Waals surface area contributed by atoms with Crippen LogP contribution in [0.3, 0.4) is 0 Å². The smallest absolute Gasteiger partial charge is 0.250 e. The molecule has 0 amide bonds. The van der Waals surface area contributed by atoms with Gasteiger partial charge in [0.15, 0.2) is 11.5 Å². The zero-order chi connectivity index (χ0) is 28.3. The normalized spacial score (nSPS) is 10.8. The van der Waals surface area contributed by atoms with Crippen LogP contribution in [0.4, 0.5) is 29.2 Å². The van der Waals surface area contributed by atoms with Crippen molar-refractivity contribution in [3.05, 3.63) is 119 Å². The molecule has 206 valence electrons. The summed E-state index contributed by atoms with van der Waals surface area (Å²) in [5.74, 6) is 2.25. The number of hydrogen-bond donors (Lipinski definition) is 3. The van der Waals surface area contributed by atoms with Gasteiger partial charge in [0.05, 0.1) is 12.8 Å². The van der Waals surface area contributed by atoms with E-state index < -0.39 is 0 Å². The fourth-order valence-corrected chi connectivity index (χ4v) is 3.86. The molecule has 10 heteroatoms. The molecule has 0 atom stereocenters. The summed E-state index contributed by atoms with van der Waals surface area (Å²) in [5.41, 5.74) is 6.41. The maximum atomic E-state index is 6.00. The van der Waals surface area contributed by atoms with Crippen LogP contribution >= 0.6 is 11.6 Å². The van der Waals surface area contributed by atoms with E-state index in [0.29, 0.717) is 41.6 Å². The zero-order valence-corrected chi connectivity index (χ0v) is 23.0. The Labute approximate surface area is 243 Å². The van der Waals surface area contributed by atoms with Crippen LogP contribution in [0.1, 0.15) is 18.1 Å². The number of anilines is 5. The number of hydrogen-bond acceptors (Lipinski definition) is 9. The van der Waals surface area contributed by atoms with Crippen molar-refractivity contribution in [2.24, 2.45) is 5.10 Å². The molecule has 0 bridgehead atoms.